The lowest BCUT2D eigenvalue weighted by Crippen LogP contribution is -2.41. The molecule has 2 heterocycles. The highest BCUT2D eigenvalue weighted by atomic mass is 32.2. The fourth-order valence-corrected chi connectivity index (χ4v) is 4.87. The average molecular weight is 391 g/mol. The molecule has 1 amide bonds. The van der Waals surface area contributed by atoms with Gasteiger partial charge in [-0.2, -0.15) is 9.40 Å². The molecule has 1 saturated heterocycles. The lowest BCUT2D eigenvalue weighted by atomic mass is 10.1. The number of hydrogen-bond acceptors (Lipinski definition) is 5. The number of rotatable bonds is 5. The minimum absolute atomic E-state index is 0.0966. The normalized spacial score (nSPS) is 19.0. The molecule has 1 aromatic carbocycles. The Morgan fingerprint density at radius 1 is 1.26 bits per heavy atom. The third-order valence-corrected chi connectivity index (χ3v) is 6.65. The van der Waals surface area contributed by atoms with E-state index in [0.717, 1.165) is 0 Å². The Morgan fingerprint density at radius 2 is 2.00 bits per heavy atom. The first-order chi connectivity index (χ1) is 12.9. The summed E-state index contributed by atoms with van der Waals surface area (Å²) in [6.07, 6.45) is 1.12. The number of carbonyl (C=O) groups excluding carboxylic acids is 1. The van der Waals surface area contributed by atoms with Gasteiger partial charge in [0.15, 0.2) is 5.82 Å². The molecule has 27 heavy (non-hydrogen) atoms. The second kappa shape index (κ2) is 8.18. The van der Waals surface area contributed by atoms with Gasteiger partial charge in [-0.05, 0) is 31.9 Å². The van der Waals surface area contributed by atoms with E-state index in [0.29, 0.717) is 43.1 Å². The van der Waals surface area contributed by atoms with Gasteiger partial charge in [-0.1, -0.05) is 25.1 Å². The maximum atomic E-state index is 13.1. The highest BCUT2D eigenvalue weighted by molar-refractivity contribution is 7.89. The van der Waals surface area contributed by atoms with E-state index in [2.05, 4.69) is 15.2 Å². The Labute approximate surface area is 159 Å². The van der Waals surface area contributed by atoms with Crippen molar-refractivity contribution in [3.05, 3.63) is 47.5 Å². The first-order valence-corrected chi connectivity index (χ1v) is 10.8. The molecule has 1 aliphatic heterocycles. The van der Waals surface area contributed by atoms with Crippen LogP contribution in [0.1, 0.15) is 47.8 Å². The van der Waals surface area contributed by atoms with Gasteiger partial charge >= 0.3 is 0 Å². The standard InChI is InChI=1S/C18H25N5O3S/c1-3-12-27(25,26)22-10-7-11-23(18(24)15-8-5-4-6-9-15)16(13-22)17-19-14(2)20-21-17/h4-6,8-9,16H,3,7,10-13H2,1-2H3,(H,19,20,21). The van der Waals surface area contributed by atoms with Gasteiger partial charge in [0.1, 0.15) is 11.9 Å². The molecule has 1 unspecified atom stereocenters. The van der Waals surface area contributed by atoms with Gasteiger partial charge in [-0.3, -0.25) is 9.89 Å². The van der Waals surface area contributed by atoms with Gasteiger partial charge in [0.05, 0.1) is 5.75 Å². The van der Waals surface area contributed by atoms with Crippen molar-refractivity contribution in [3.8, 4) is 0 Å². The first kappa shape index (κ1) is 19.5. The van der Waals surface area contributed by atoms with Gasteiger partial charge in [0, 0.05) is 25.2 Å². The lowest BCUT2D eigenvalue weighted by Gasteiger charge is -2.29. The topological polar surface area (TPSA) is 99.3 Å². The van der Waals surface area contributed by atoms with E-state index in [4.69, 9.17) is 0 Å². The minimum atomic E-state index is -3.37. The van der Waals surface area contributed by atoms with E-state index in [1.165, 1.54) is 4.31 Å². The van der Waals surface area contributed by atoms with E-state index in [-0.39, 0.29) is 18.2 Å². The van der Waals surface area contributed by atoms with Gasteiger partial charge in [-0.25, -0.2) is 13.4 Å². The highest BCUT2D eigenvalue weighted by Gasteiger charge is 2.36. The molecule has 2 aromatic rings. The van der Waals surface area contributed by atoms with Crippen LogP contribution in [0.4, 0.5) is 0 Å². The second-order valence-electron chi connectivity index (χ2n) is 6.69. The summed E-state index contributed by atoms with van der Waals surface area (Å²) < 4.78 is 26.8. The number of amides is 1. The molecule has 1 aliphatic rings. The summed E-state index contributed by atoms with van der Waals surface area (Å²) in [6, 6.07) is 8.48. The van der Waals surface area contributed by atoms with Crippen LogP contribution in [0.2, 0.25) is 0 Å². The molecule has 9 heteroatoms. The van der Waals surface area contributed by atoms with E-state index in [1.54, 1.807) is 24.0 Å². The first-order valence-electron chi connectivity index (χ1n) is 9.15. The fourth-order valence-electron chi connectivity index (χ4n) is 3.32. The molecule has 0 radical (unpaired) electrons. The Hall–Kier alpha value is -2.26. The summed E-state index contributed by atoms with van der Waals surface area (Å²) in [5, 5.41) is 7.02. The largest absolute Gasteiger partial charge is 0.327 e. The SMILES string of the molecule is CCCS(=O)(=O)N1CCCN(C(=O)c2ccccc2)C(c2n[nH]c(C)n2)C1. The number of aromatic nitrogens is 3. The van der Waals surface area contributed by atoms with Gasteiger partial charge in [0.25, 0.3) is 5.91 Å². The zero-order valence-electron chi connectivity index (χ0n) is 15.6. The van der Waals surface area contributed by atoms with Crippen LogP contribution in [0, 0.1) is 6.92 Å². The third-order valence-electron chi connectivity index (χ3n) is 4.61. The summed E-state index contributed by atoms with van der Waals surface area (Å²) in [4.78, 5) is 19.2. The molecular formula is C18H25N5O3S. The molecule has 0 bridgehead atoms. The zero-order valence-corrected chi connectivity index (χ0v) is 16.4. The maximum absolute atomic E-state index is 13.1. The zero-order chi connectivity index (χ0) is 19.4. The van der Waals surface area contributed by atoms with Crippen molar-refractivity contribution in [2.75, 3.05) is 25.4 Å². The Morgan fingerprint density at radius 3 is 2.63 bits per heavy atom. The summed E-state index contributed by atoms with van der Waals surface area (Å²) in [5.74, 6) is 1.02. The van der Waals surface area contributed by atoms with Crippen molar-refractivity contribution < 1.29 is 13.2 Å². The molecule has 1 atom stereocenters. The monoisotopic (exact) mass is 391 g/mol. The summed E-state index contributed by atoms with van der Waals surface area (Å²) in [5.41, 5.74) is 0.569. The van der Waals surface area contributed by atoms with Crippen LogP contribution in [0.3, 0.4) is 0 Å². The summed E-state index contributed by atoms with van der Waals surface area (Å²) in [6.45, 7) is 4.63. The predicted octanol–water partition coefficient (Wildman–Crippen LogP) is 1.74. The summed E-state index contributed by atoms with van der Waals surface area (Å²) >= 11 is 0. The van der Waals surface area contributed by atoms with Crippen LogP contribution in [0.25, 0.3) is 0 Å². The van der Waals surface area contributed by atoms with Crippen LogP contribution in [-0.2, 0) is 10.0 Å². The number of benzene rings is 1. The van der Waals surface area contributed by atoms with Crippen molar-refractivity contribution in [1.82, 2.24) is 24.4 Å². The fraction of sp³-hybridized carbons (Fsp3) is 0.500. The number of nitrogens with one attached hydrogen (secondary N) is 1. The number of H-pyrrole nitrogens is 1. The molecule has 0 aliphatic carbocycles. The van der Waals surface area contributed by atoms with Crippen molar-refractivity contribution in [3.63, 3.8) is 0 Å². The van der Waals surface area contributed by atoms with E-state index in [1.807, 2.05) is 25.1 Å². The number of sulfonamides is 1. The molecule has 8 nitrogen and oxygen atoms in total. The Bertz CT molecular complexity index is 881. The molecule has 146 valence electrons. The highest BCUT2D eigenvalue weighted by Crippen LogP contribution is 2.26. The molecule has 3 rings (SSSR count). The maximum Gasteiger partial charge on any atom is 0.254 e. The summed E-state index contributed by atoms with van der Waals surface area (Å²) in [7, 11) is -3.37. The molecule has 0 spiro atoms. The number of carbonyl (C=O) groups is 1. The second-order valence-corrected chi connectivity index (χ2v) is 8.78. The van der Waals surface area contributed by atoms with Crippen molar-refractivity contribution >= 4 is 15.9 Å². The lowest BCUT2D eigenvalue weighted by molar-refractivity contribution is 0.0676. The number of hydrogen-bond donors (Lipinski definition) is 1. The molecule has 1 aromatic heterocycles. The van der Waals surface area contributed by atoms with Crippen LogP contribution in [-0.4, -0.2) is 64.1 Å². The van der Waals surface area contributed by atoms with Crippen LogP contribution in [0.15, 0.2) is 30.3 Å². The molecule has 0 saturated carbocycles. The van der Waals surface area contributed by atoms with Crippen LogP contribution < -0.4 is 0 Å². The van der Waals surface area contributed by atoms with Crippen LogP contribution in [0.5, 0.6) is 0 Å². The average Bonchev–Trinajstić information content (AvgIpc) is 2.95. The number of aromatic amines is 1. The van der Waals surface area contributed by atoms with Crippen molar-refractivity contribution in [1.29, 1.82) is 0 Å². The molecular weight excluding hydrogens is 366 g/mol. The van der Waals surface area contributed by atoms with Crippen LogP contribution >= 0.6 is 0 Å². The van der Waals surface area contributed by atoms with Gasteiger partial charge in [-0.15, -0.1) is 0 Å². The molecule has 1 fully saturated rings. The number of aryl methyl sites for hydroxylation is 1. The minimum Gasteiger partial charge on any atom is -0.327 e. The van der Waals surface area contributed by atoms with E-state index in [9.17, 15) is 13.2 Å². The smallest absolute Gasteiger partial charge is 0.254 e. The third kappa shape index (κ3) is 4.36. The molecule has 1 N–H and O–H groups in total. The Balaban J connectivity index is 1.96. The van der Waals surface area contributed by atoms with Gasteiger partial charge < -0.3 is 4.90 Å². The number of nitrogens with zero attached hydrogens (tertiary/aromatic N) is 4. The van der Waals surface area contributed by atoms with Crippen molar-refractivity contribution in [2.24, 2.45) is 0 Å². The Kier molecular flexibility index (Phi) is 5.91. The quantitative estimate of drug-likeness (QED) is 0.837. The van der Waals surface area contributed by atoms with Gasteiger partial charge in [0.2, 0.25) is 10.0 Å². The van der Waals surface area contributed by atoms with E-state index < -0.39 is 16.1 Å². The van der Waals surface area contributed by atoms with E-state index >= 15 is 0 Å². The van der Waals surface area contributed by atoms with Crippen molar-refractivity contribution in [2.45, 2.75) is 32.7 Å². The predicted molar refractivity (Wildman–Crippen MR) is 102 cm³/mol.